The van der Waals surface area contributed by atoms with Gasteiger partial charge >= 0.3 is 0 Å². The van der Waals surface area contributed by atoms with Crippen LogP contribution in [0.3, 0.4) is 0 Å². The molecule has 0 spiro atoms. The lowest BCUT2D eigenvalue weighted by Crippen LogP contribution is -2.36. The van der Waals surface area contributed by atoms with E-state index in [0.29, 0.717) is 48.6 Å². The van der Waals surface area contributed by atoms with Crippen LogP contribution in [0, 0.1) is 6.92 Å². The number of aryl methyl sites for hydroxylation is 1. The Bertz CT molecular complexity index is 1330. The van der Waals surface area contributed by atoms with Crippen molar-refractivity contribution < 1.29 is 4.79 Å². The number of hydrogen-bond acceptors (Lipinski definition) is 5. The summed E-state index contributed by atoms with van der Waals surface area (Å²) in [6, 6.07) is 15.0. The number of nitrogens with zero attached hydrogens (tertiary/aromatic N) is 5. The zero-order valence-corrected chi connectivity index (χ0v) is 17.9. The topological polar surface area (TPSA) is 87.1 Å². The number of aromatic nitrogens is 4. The molecule has 8 heteroatoms. The van der Waals surface area contributed by atoms with Crippen molar-refractivity contribution in [2.75, 3.05) is 31.1 Å². The monoisotopic (exact) mass is 428 g/mol. The fourth-order valence-electron chi connectivity index (χ4n) is 4.26. The van der Waals surface area contributed by atoms with E-state index in [4.69, 9.17) is 4.98 Å². The lowest BCUT2D eigenvalue weighted by molar-refractivity contribution is 0.0767. The third-order valence-electron chi connectivity index (χ3n) is 5.90. The molecule has 1 N–H and O–H groups in total. The van der Waals surface area contributed by atoms with E-state index in [-0.39, 0.29) is 11.5 Å². The number of H-pyrrole nitrogens is 1. The Morgan fingerprint density at radius 1 is 1.00 bits per heavy atom. The maximum atomic E-state index is 13.4. The molecule has 8 nitrogen and oxygen atoms in total. The van der Waals surface area contributed by atoms with Gasteiger partial charge in [-0.15, -0.1) is 0 Å². The number of amides is 1. The molecule has 1 amide bonds. The van der Waals surface area contributed by atoms with Gasteiger partial charge in [-0.25, -0.2) is 9.67 Å². The number of hydrogen-bond donors (Lipinski definition) is 1. The van der Waals surface area contributed by atoms with Gasteiger partial charge in [-0.2, -0.15) is 5.10 Å². The Labute approximate surface area is 185 Å². The Morgan fingerprint density at radius 3 is 2.72 bits per heavy atom. The molecule has 162 valence electrons. The molecule has 3 heterocycles. The van der Waals surface area contributed by atoms with Crippen molar-refractivity contribution >= 4 is 22.8 Å². The lowest BCUT2D eigenvalue weighted by atomic mass is 10.1. The molecule has 0 saturated carbocycles. The molecule has 0 unspecified atom stereocenters. The molecular formula is C24H24N6O2. The molecule has 0 radical (unpaired) electrons. The number of rotatable bonds is 3. The van der Waals surface area contributed by atoms with E-state index >= 15 is 0 Å². The van der Waals surface area contributed by atoms with Gasteiger partial charge in [-0.3, -0.25) is 14.6 Å². The number of para-hydroxylation sites is 1. The van der Waals surface area contributed by atoms with E-state index in [1.54, 1.807) is 10.9 Å². The Morgan fingerprint density at radius 2 is 1.88 bits per heavy atom. The summed E-state index contributed by atoms with van der Waals surface area (Å²) in [5.41, 5.74) is 2.85. The first-order valence-corrected chi connectivity index (χ1v) is 10.7. The van der Waals surface area contributed by atoms with Crippen molar-refractivity contribution in [3.8, 4) is 5.69 Å². The fraction of sp³-hybridized carbons (Fsp3) is 0.250. The Balaban J connectivity index is 1.38. The standard InChI is InChI=1S/C24H24N6O2/c1-17-7-4-9-19-21(17)22(31)27-24(26-19)29-13-6-12-28(15-16-29)23(32)18-8-2-3-10-20(18)30-14-5-11-25-30/h2-5,7-11,14H,6,12-13,15-16H2,1H3,(H,26,27,31). The van der Waals surface area contributed by atoms with E-state index in [2.05, 4.69) is 15.0 Å². The van der Waals surface area contributed by atoms with Crippen LogP contribution in [0.25, 0.3) is 16.6 Å². The van der Waals surface area contributed by atoms with Crippen LogP contribution in [-0.4, -0.2) is 56.7 Å². The molecular weight excluding hydrogens is 404 g/mol. The smallest absolute Gasteiger partial charge is 0.260 e. The first kappa shape index (κ1) is 20.0. The van der Waals surface area contributed by atoms with Crippen molar-refractivity contribution in [3.05, 3.63) is 82.4 Å². The van der Waals surface area contributed by atoms with Gasteiger partial charge in [0.15, 0.2) is 0 Å². The van der Waals surface area contributed by atoms with Crippen LogP contribution in [0.5, 0.6) is 0 Å². The summed E-state index contributed by atoms with van der Waals surface area (Å²) in [6.45, 7) is 4.40. The molecule has 1 fully saturated rings. The minimum atomic E-state index is -0.131. The van der Waals surface area contributed by atoms with Gasteiger partial charge in [0.2, 0.25) is 5.95 Å². The van der Waals surface area contributed by atoms with Crippen molar-refractivity contribution in [1.82, 2.24) is 24.6 Å². The fourth-order valence-corrected chi connectivity index (χ4v) is 4.26. The zero-order valence-electron chi connectivity index (χ0n) is 17.9. The van der Waals surface area contributed by atoms with Crippen LogP contribution < -0.4 is 10.5 Å². The SMILES string of the molecule is Cc1cccc2nc(N3CCCN(C(=O)c4ccccc4-n4cccn4)CC3)[nH]c(=O)c12. The summed E-state index contributed by atoms with van der Waals surface area (Å²) in [4.78, 5) is 37.6. The number of anilines is 1. The van der Waals surface area contributed by atoms with Crippen LogP contribution in [-0.2, 0) is 0 Å². The van der Waals surface area contributed by atoms with E-state index < -0.39 is 0 Å². The van der Waals surface area contributed by atoms with Crippen molar-refractivity contribution in [3.63, 3.8) is 0 Å². The minimum absolute atomic E-state index is 0.0199. The van der Waals surface area contributed by atoms with Gasteiger partial charge in [0.05, 0.1) is 22.2 Å². The van der Waals surface area contributed by atoms with Crippen molar-refractivity contribution in [2.24, 2.45) is 0 Å². The van der Waals surface area contributed by atoms with E-state index in [1.165, 1.54) is 0 Å². The molecule has 0 bridgehead atoms. The number of fused-ring (bicyclic) bond motifs is 1. The average Bonchev–Trinajstić information content (AvgIpc) is 3.23. The average molecular weight is 428 g/mol. The Hall–Kier alpha value is -3.94. The molecule has 0 atom stereocenters. The number of carbonyl (C=O) groups is 1. The van der Waals surface area contributed by atoms with Crippen LogP contribution in [0.2, 0.25) is 0 Å². The highest BCUT2D eigenvalue weighted by Gasteiger charge is 2.24. The third kappa shape index (κ3) is 3.64. The number of benzene rings is 2. The maximum Gasteiger partial charge on any atom is 0.260 e. The molecule has 32 heavy (non-hydrogen) atoms. The minimum Gasteiger partial charge on any atom is -0.340 e. The molecule has 0 aliphatic carbocycles. The number of aromatic amines is 1. The molecule has 1 aliphatic heterocycles. The maximum absolute atomic E-state index is 13.4. The van der Waals surface area contributed by atoms with E-state index in [9.17, 15) is 9.59 Å². The van der Waals surface area contributed by atoms with Crippen molar-refractivity contribution in [1.29, 1.82) is 0 Å². The van der Waals surface area contributed by atoms with Gasteiger partial charge in [0.1, 0.15) is 0 Å². The quantitative estimate of drug-likeness (QED) is 0.542. The summed E-state index contributed by atoms with van der Waals surface area (Å²) in [5, 5.41) is 4.90. The predicted octanol–water partition coefficient (Wildman–Crippen LogP) is 2.77. The van der Waals surface area contributed by atoms with Crippen LogP contribution >= 0.6 is 0 Å². The highest BCUT2D eigenvalue weighted by molar-refractivity contribution is 5.97. The zero-order chi connectivity index (χ0) is 22.1. The second-order valence-electron chi connectivity index (χ2n) is 7.96. The molecule has 1 saturated heterocycles. The van der Waals surface area contributed by atoms with Gasteiger partial charge in [-0.1, -0.05) is 24.3 Å². The predicted molar refractivity (Wildman–Crippen MR) is 123 cm³/mol. The van der Waals surface area contributed by atoms with Crippen LogP contribution in [0.4, 0.5) is 5.95 Å². The molecule has 2 aromatic carbocycles. The van der Waals surface area contributed by atoms with Gasteiger partial charge in [0, 0.05) is 38.6 Å². The summed E-state index contributed by atoms with van der Waals surface area (Å²) in [7, 11) is 0. The molecule has 4 aromatic rings. The van der Waals surface area contributed by atoms with Crippen molar-refractivity contribution in [2.45, 2.75) is 13.3 Å². The number of carbonyl (C=O) groups excluding carboxylic acids is 1. The summed E-state index contributed by atoms with van der Waals surface area (Å²) < 4.78 is 1.71. The van der Waals surface area contributed by atoms with Gasteiger partial charge in [0.25, 0.3) is 11.5 Å². The summed E-state index contributed by atoms with van der Waals surface area (Å²) >= 11 is 0. The third-order valence-corrected chi connectivity index (χ3v) is 5.90. The largest absolute Gasteiger partial charge is 0.340 e. The Kier molecular flexibility index (Phi) is 5.18. The van der Waals surface area contributed by atoms with Crippen LogP contribution in [0.15, 0.2) is 65.7 Å². The summed E-state index contributed by atoms with van der Waals surface area (Å²) in [6.07, 6.45) is 4.31. The van der Waals surface area contributed by atoms with Crippen LogP contribution in [0.1, 0.15) is 22.3 Å². The lowest BCUT2D eigenvalue weighted by Gasteiger charge is -2.23. The second kappa shape index (κ2) is 8.30. The van der Waals surface area contributed by atoms with Gasteiger partial charge in [-0.05, 0) is 43.2 Å². The first-order chi connectivity index (χ1) is 15.6. The van der Waals surface area contributed by atoms with Gasteiger partial charge < -0.3 is 9.80 Å². The molecule has 1 aliphatic rings. The highest BCUT2D eigenvalue weighted by Crippen LogP contribution is 2.19. The molecule has 5 rings (SSSR count). The summed E-state index contributed by atoms with van der Waals surface area (Å²) in [5.74, 6) is 0.535. The normalized spacial score (nSPS) is 14.5. The first-order valence-electron chi connectivity index (χ1n) is 10.7. The van der Waals surface area contributed by atoms with E-state index in [1.807, 2.05) is 66.6 Å². The highest BCUT2D eigenvalue weighted by atomic mass is 16.2. The van der Waals surface area contributed by atoms with E-state index in [0.717, 1.165) is 17.7 Å². The second-order valence-corrected chi connectivity index (χ2v) is 7.96. The molecule has 2 aromatic heterocycles. The number of nitrogens with one attached hydrogen (secondary N) is 1.